The summed E-state index contributed by atoms with van der Waals surface area (Å²) in [7, 11) is 1.53. The molecule has 2 N–H and O–H groups in total. The van der Waals surface area contributed by atoms with Gasteiger partial charge < -0.3 is 15.5 Å². The fourth-order valence-electron chi connectivity index (χ4n) is 3.64. The molecule has 7 nitrogen and oxygen atoms in total. The number of benzene rings is 2. The topological polar surface area (TPSA) is 81.8 Å². The molecule has 164 valence electrons. The molecule has 3 amide bonds. The van der Waals surface area contributed by atoms with Crippen molar-refractivity contribution in [3.05, 3.63) is 71.5 Å². The lowest BCUT2D eigenvalue weighted by Crippen LogP contribution is -2.44. The van der Waals surface area contributed by atoms with Crippen LogP contribution in [0.15, 0.2) is 54.6 Å². The molecule has 0 bridgehead atoms. The Balaban J connectivity index is 1.57. The fourth-order valence-corrected chi connectivity index (χ4v) is 3.64. The molecule has 2 aromatic rings. The first-order chi connectivity index (χ1) is 15.0. The third kappa shape index (κ3) is 6.11. The first-order valence-electron chi connectivity index (χ1n) is 10.3. The largest absolute Gasteiger partial charge is 0.357 e. The Morgan fingerprint density at radius 3 is 2.48 bits per heavy atom. The highest BCUT2D eigenvalue weighted by Gasteiger charge is 2.25. The van der Waals surface area contributed by atoms with Crippen LogP contribution in [0.1, 0.15) is 28.4 Å². The standard InChI is InChI=1S/C23H27FN4O3/c1-25-22(30)21(17-7-3-2-4-8-17)26-20(29)16-27-11-6-12-28(14-13-27)23(31)18-9-5-10-19(24)15-18/h2-5,7-10,15,21H,6,11-14,16H2,1H3,(H,25,30)(H,26,29). The molecule has 0 aromatic heterocycles. The predicted molar refractivity (Wildman–Crippen MR) is 115 cm³/mol. The summed E-state index contributed by atoms with van der Waals surface area (Å²) in [6.07, 6.45) is 0.700. The van der Waals surface area contributed by atoms with Gasteiger partial charge in [0.1, 0.15) is 11.9 Å². The van der Waals surface area contributed by atoms with Gasteiger partial charge in [-0.2, -0.15) is 0 Å². The maximum Gasteiger partial charge on any atom is 0.254 e. The molecule has 31 heavy (non-hydrogen) atoms. The highest BCUT2D eigenvalue weighted by atomic mass is 19.1. The van der Waals surface area contributed by atoms with Crippen molar-refractivity contribution in [2.75, 3.05) is 39.8 Å². The lowest BCUT2D eigenvalue weighted by molar-refractivity contribution is -0.129. The molecule has 0 saturated carbocycles. The van der Waals surface area contributed by atoms with Crippen LogP contribution in [0.2, 0.25) is 0 Å². The summed E-state index contributed by atoms with van der Waals surface area (Å²) >= 11 is 0. The molecule has 2 aromatic carbocycles. The smallest absolute Gasteiger partial charge is 0.254 e. The van der Waals surface area contributed by atoms with Gasteiger partial charge >= 0.3 is 0 Å². The molecule has 1 saturated heterocycles. The molecule has 1 atom stereocenters. The number of hydrogen-bond acceptors (Lipinski definition) is 4. The number of likely N-dealkylation sites (N-methyl/N-ethyl adjacent to an activating group) is 1. The van der Waals surface area contributed by atoms with E-state index in [1.54, 1.807) is 23.1 Å². The van der Waals surface area contributed by atoms with Crippen LogP contribution in [-0.2, 0) is 9.59 Å². The van der Waals surface area contributed by atoms with Crippen molar-refractivity contribution >= 4 is 17.7 Å². The van der Waals surface area contributed by atoms with E-state index in [2.05, 4.69) is 10.6 Å². The van der Waals surface area contributed by atoms with Gasteiger partial charge in [-0.1, -0.05) is 36.4 Å². The summed E-state index contributed by atoms with van der Waals surface area (Å²) in [6.45, 7) is 2.28. The monoisotopic (exact) mass is 426 g/mol. The Morgan fingerprint density at radius 1 is 1.00 bits per heavy atom. The van der Waals surface area contributed by atoms with Gasteiger partial charge in [-0.3, -0.25) is 19.3 Å². The number of nitrogens with one attached hydrogen (secondary N) is 2. The van der Waals surface area contributed by atoms with Gasteiger partial charge in [-0.25, -0.2) is 4.39 Å². The van der Waals surface area contributed by atoms with E-state index in [-0.39, 0.29) is 24.3 Å². The van der Waals surface area contributed by atoms with E-state index < -0.39 is 11.9 Å². The Labute approximate surface area is 181 Å². The zero-order valence-electron chi connectivity index (χ0n) is 17.5. The van der Waals surface area contributed by atoms with Crippen molar-refractivity contribution < 1.29 is 18.8 Å². The second-order valence-electron chi connectivity index (χ2n) is 7.46. The summed E-state index contributed by atoms with van der Waals surface area (Å²) in [5, 5.41) is 5.39. The number of halogens is 1. The minimum absolute atomic E-state index is 0.127. The molecule has 1 aliphatic rings. The number of nitrogens with zero attached hydrogens (tertiary/aromatic N) is 2. The predicted octanol–water partition coefficient (Wildman–Crippen LogP) is 1.58. The second-order valence-corrected chi connectivity index (χ2v) is 7.46. The van der Waals surface area contributed by atoms with Crippen LogP contribution in [-0.4, -0.2) is 67.3 Å². The van der Waals surface area contributed by atoms with Crippen molar-refractivity contribution in [2.24, 2.45) is 0 Å². The average Bonchev–Trinajstić information content (AvgIpc) is 3.02. The number of hydrogen-bond donors (Lipinski definition) is 2. The van der Waals surface area contributed by atoms with Gasteiger partial charge in [0.25, 0.3) is 5.91 Å². The average molecular weight is 426 g/mol. The molecule has 8 heteroatoms. The van der Waals surface area contributed by atoms with E-state index in [1.807, 2.05) is 23.1 Å². The molecule has 1 fully saturated rings. The van der Waals surface area contributed by atoms with Gasteiger partial charge in [0, 0.05) is 38.8 Å². The molecule has 0 spiro atoms. The lowest BCUT2D eigenvalue weighted by atomic mass is 10.1. The van der Waals surface area contributed by atoms with E-state index >= 15 is 0 Å². The summed E-state index contributed by atoms with van der Waals surface area (Å²) in [5.41, 5.74) is 1.03. The van der Waals surface area contributed by atoms with Crippen LogP contribution in [0.5, 0.6) is 0 Å². The van der Waals surface area contributed by atoms with Crippen LogP contribution in [0.3, 0.4) is 0 Å². The Hall–Kier alpha value is -3.26. The third-order valence-corrected chi connectivity index (χ3v) is 5.26. The van der Waals surface area contributed by atoms with Gasteiger partial charge in [-0.15, -0.1) is 0 Å². The Kier molecular flexibility index (Phi) is 7.72. The van der Waals surface area contributed by atoms with E-state index in [0.29, 0.717) is 43.7 Å². The van der Waals surface area contributed by atoms with E-state index in [9.17, 15) is 18.8 Å². The highest BCUT2D eigenvalue weighted by Crippen LogP contribution is 2.14. The van der Waals surface area contributed by atoms with Crippen molar-refractivity contribution in [3.63, 3.8) is 0 Å². The number of carbonyl (C=O) groups excluding carboxylic acids is 3. The third-order valence-electron chi connectivity index (χ3n) is 5.26. The van der Waals surface area contributed by atoms with Crippen LogP contribution in [0.25, 0.3) is 0 Å². The fraction of sp³-hybridized carbons (Fsp3) is 0.348. The Morgan fingerprint density at radius 2 is 1.77 bits per heavy atom. The summed E-state index contributed by atoms with van der Waals surface area (Å²) in [4.78, 5) is 41.2. The Bertz CT molecular complexity index is 922. The summed E-state index contributed by atoms with van der Waals surface area (Å²) in [6, 6.07) is 14.0. The minimum Gasteiger partial charge on any atom is -0.357 e. The summed E-state index contributed by atoms with van der Waals surface area (Å²) in [5.74, 6) is -1.21. The van der Waals surface area contributed by atoms with Crippen molar-refractivity contribution in [3.8, 4) is 0 Å². The number of carbonyl (C=O) groups is 3. The van der Waals surface area contributed by atoms with Crippen molar-refractivity contribution in [1.82, 2.24) is 20.4 Å². The summed E-state index contributed by atoms with van der Waals surface area (Å²) < 4.78 is 13.4. The SMILES string of the molecule is CNC(=O)C(NC(=O)CN1CCCN(C(=O)c2cccc(F)c2)CC1)c1ccccc1. The first kappa shape index (κ1) is 22.4. The molecule has 0 radical (unpaired) electrons. The molecule has 1 unspecified atom stereocenters. The molecule has 0 aliphatic carbocycles. The maximum atomic E-state index is 13.4. The molecule has 1 aliphatic heterocycles. The van der Waals surface area contributed by atoms with E-state index in [0.717, 1.165) is 0 Å². The molecule has 3 rings (SSSR count). The lowest BCUT2D eigenvalue weighted by Gasteiger charge is -2.23. The van der Waals surface area contributed by atoms with Gasteiger partial charge in [-0.05, 0) is 30.2 Å². The normalized spacial score (nSPS) is 15.6. The van der Waals surface area contributed by atoms with Crippen LogP contribution in [0, 0.1) is 5.82 Å². The van der Waals surface area contributed by atoms with Gasteiger partial charge in [0.05, 0.1) is 6.54 Å². The van der Waals surface area contributed by atoms with Crippen LogP contribution in [0.4, 0.5) is 4.39 Å². The number of rotatable bonds is 6. The molecular formula is C23H27FN4O3. The molecular weight excluding hydrogens is 399 g/mol. The van der Waals surface area contributed by atoms with Crippen LogP contribution >= 0.6 is 0 Å². The van der Waals surface area contributed by atoms with Gasteiger partial charge in [0.2, 0.25) is 11.8 Å². The first-order valence-corrected chi connectivity index (χ1v) is 10.3. The van der Waals surface area contributed by atoms with E-state index in [1.165, 1.54) is 25.2 Å². The van der Waals surface area contributed by atoms with E-state index in [4.69, 9.17) is 0 Å². The zero-order chi connectivity index (χ0) is 22.2. The second kappa shape index (κ2) is 10.7. The zero-order valence-corrected chi connectivity index (χ0v) is 17.5. The minimum atomic E-state index is -0.767. The van der Waals surface area contributed by atoms with Crippen LogP contribution < -0.4 is 10.6 Å². The quantitative estimate of drug-likeness (QED) is 0.735. The maximum absolute atomic E-state index is 13.4. The molecule has 1 heterocycles. The van der Waals surface area contributed by atoms with Crippen molar-refractivity contribution in [2.45, 2.75) is 12.5 Å². The van der Waals surface area contributed by atoms with Crippen molar-refractivity contribution in [1.29, 1.82) is 0 Å². The van der Waals surface area contributed by atoms with Gasteiger partial charge in [0.15, 0.2) is 0 Å². The highest BCUT2D eigenvalue weighted by molar-refractivity contribution is 5.94. The number of amides is 3.